The molecule has 1 aliphatic heterocycles. The average molecular weight is 1070 g/mol. The highest BCUT2D eigenvalue weighted by Crippen LogP contribution is 2.67. The molecule has 0 amide bonds. The van der Waals surface area contributed by atoms with Crippen molar-refractivity contribution in [2.45, 2.75) is 10.8 Å². The zero-order chi connectivity index (χ0) is 55.3. The first-order chi connectivity index (χ1) is 41.7. The summed E-state index contributed by atoms with van der Waals surface area (Å²) in [5.74, 6) is 1.64. The Morgan fingerprint density at radius 3 is 1.39 bits per heavy atom. The van der Waals surface area contributed by atoms with Gasteiger partial charge in [-0.1, -0.05) is 231 Å². The van der Waals surface area contributed by atoms with E-state index in [2.05, 4.69) is 336 Å². The minimum atomic E-state index is -0.815. The fourth-order valence-corrected chi connectivity index (χ4v) is 14.8. The third kappa shape index (κ3) is 6.77. The first-order valence-corrected chi connectivity index (χ1v) is 29.0. The van der Waals surface area contributed by atoms with Crippen LogP contribution in [0.1, 0.15) is 44.5 Å². The van der Waals surface area contributed by atoms with Gasteiger partial charge in [-0.2, -0.15) is 0 Å². The maximum atomic E-state index is 7.98. The maximum absolute atomic E-state index is 7.98. The number of benzene rings is 13. The Balaban J connectivity index is 0.977. The summed E-state index contributed by atoms with van der Waals surface area (Å²) in [6.07, 6.45) is 0. The molecular formula is C80H53N3O. The van der Waals surface area contributed by atoms with Crippen LogP contribution >= 0.6 is 0 Å². The van der Waals surface area contributed by atoms with Crippen molar-refractivity contribution in [1.82, 2.24) is 4.57 Å². The largest absolute Gasteiger partial charge is 0.454 e. The van der Waals surface area contributed by atoms with Gasteiger partial charge in [0, 0.05) is 50.3 Å². The molecular weight excluding hydrogens is 1020 g/mol. The Labute approximate surface area is 488 Å². The van der Waals surface area contributed by atoms with E-state index in [-0.39, 0.29) is 0 Å². The SMILES string of the molecule is c1ccc(N(c2ccccc2)c2ccc3c(c2)C(c2ccccc2)(c2ccccc2)c2cc4c(cc2-3)Oc2c(N(c3ccccc3)c3cccc5c6ccccc6n(-c6ccccc6)c35)cccc2C42c3ccccc3-c3ccccc32)cc1. The van der Waals surface area contributed by atoms with E-state index in [0.29, 0.717) is 0 Å². The summed E-state index contributed by atoms with van der Waals surface area (Å²) < 4.78 is 10.4. The lowest BCUT2D eigenvalue weighted by atomic mass is 9.63. The van der Waals surface area contributed by atoms with E-state index in [9.17, 15) is 0 Å². The van der Waals surface area contributed by atoms with Crippen molar-refractivity contribution in [3.63, 3.8) is 0 Å². The van der Waals surface area contributed by atoms with Gasteiger partial charge in [-0.3, -0.25) is 0 Å². The summed E-state index contributed by atoms with van der Waals surface area (Å²) in [4.78, 5) is 4.83. The Kier molecular flexibility index (Phi) is 10.7. The van der Waals surface area contributed by atoms with Gasteiger partial charge in [-0.15, -0.1) is 0 Å². The number of rotatable bonds is 9. The Morgan fingerprint density at radius 2 is 0.762 bits per heavy atom. The Bertz CT molecular complexity index is 4740. The van der Waals surface area contributed by atoms with E-state index < -0.39 is 10.8 Å². The van der Waals surface area contributed by atoms with Crippen LogP contribution in [0.2, 0.25) is 0 Å². The van der Waals surface area contributed by atoms with Crippen molar-refractivity contribution in [2.24, 2.45) is 0 Å². The summed E-state index contributed by atoms with van der Waals surface area (Å²) in [7, 11) is 0. The second kappa shape index (κ2) is 18.8. The molecule has 13 aromatic carbocycles. The van der Waals surface area contributed by atoms with Crippen molar-refractivity contribution in [3.05, 3.63) is 366 Å². The van der Waals surface area contributed by atoms with Crippen molar-refractivity contribution >= 4 is 55.9 Å². The minimum absolute atomic E-state index is 0.752. The molecule has 4 heteroatoms. The van der Waals surface area contributed by atoms with Gasteiger partial charge in [0.25, 0.3) is 0 Å². The highest BCUT2D eigenvalue weighted by atomic mass is 16.5. The van der Waals surface area contributed by atoms with Gasteiger partial charge in [0.2, 0.25) is 0 Å². The molecule has 0 N–H and O–H groups in total. The summed E-state index contributed by atoms with van der Waals surface area (Å²) >= 11 is 0. The molecule has 0 bridgehead atoms. The molecule has 0 fully saturated rings. The second-order valence-electron chi connectivity index (χ2n) is 22.2. The first-order valence-electron chi connectivity index (χ1n) is 29.0. The molecule has 394 valence electrons. The lowest BCUT2D eigenvalue weighted by Crippen LogP contribution is -2.34. The fraction of sp³-hybridized carbons (Fsp3) is 0.0250. The van der Waals surface area contributed by atoms with Gasteiger partial charge in [0.05, 0.1) is 33.2 Å². The van der Waals surface area contributed by atoms with Gasteiger partial charge in [-0.25, -0.2) is 0 Å². The van der Waals surface area contributed by atoms with Crippen LogP contribution < -0.4 is 14.5 Å². The van der Waals surface area contributed by atoms with Crippen molar-refractivity contribution < 1.29 is 4.74 Å². The fourth-order valence-electron chi connectivity index (χ4n) is 14.8. The van der Waals surface area contributed by atoms with Gasteiger partial charge < -0.3 is 19.1 Å². The van der Waals surface area contributed by atoms with Crippen LogP contribution in [0.4, 0.5) is 34.1 Å². The van der Waals surface area contributed by atoms with Crippen LogP contribution in [0, 0.1) is 0 Å². The summed E-state index contributed by atoms with van der Waals surface area (Å²) in [6.45, 7) is 0. The zero-order valence-corrected chi connectivity index (χ0v) is 45.8. The quantitative estimate of drug-likeness (QED) is 0.144. The molecule has 3 aliphatic rings. The molecule has 2 aliphatic carbocycles. The van der Waals surface area contributed by atoms with Crippen LogP contribution in [0.15, 0.2) is 322 Å². The average Bonchev–Trinajstić information content (AvgIpc) is 2.55. The van der Waals surface area contributed by atoms with Gasteiger partial charge >= 0.3 is 0 Å². The minimum Gasteiger partial charge on any atom is -0.454 e. The van der Waals surface area contributed by atoms with Crippen molar-refractivity contribution in [1.29, 1.82) is 0 Å². The molecule has 1 spiro atoms. The molecule has 17 rings (SSSR count). The second-order valence-corrected chi connectivity index (χ2v) is 22.2. The molecule has 0 saturated heterocycles. The van der Waals surface area contributed by atoms with E-state index in [0.717, 1.165) is 79.0 Å². The Hall–Kier alpha value is -10.9. The van der Waals surface area contributed by atoms with Crippen LogP contribution in [-0.4, -0.2) is 4.57 Å². The predicted octanol–water partition coefficient (Wildman–Crippen LogP) is 20.6. The number of nitrogens with zero attached hydrogens (tertiary/aromatic N) is 3. The van der Waals surface area contributed by atoms with Crippen LogP contribution in [0.5, 0.6) is 11.5 Å². The predicted molar refractivity (Wildman–Crippen MR) is 345 cm³/mol. The number of hydrogen-bond acceptors (Lipinski definition) is 3. The van der Waals surface area contributed by atoms with Gasteiger partial charge in [-0.05, 0) is 147 Å². The topological polar surface area (TPSA) is 20.6 Å². The molecule has 0 atom stereocenters. The van der Waals surface area contributed by atoms with E-state index in [1.54, 1.807) is 0 Å². The molecule has 14 aromatic rings. The van der Waals surface area contributed by atoms with E-state index >= 15 is 0 Å². The van der Waals surface area contributed by atoms with Crippen molar-refractivity contribution in [3.8, 4) is 39.4 Å². The van der Waals surface area contributed by atoms with Gasteiger partial charge in [0.1, 0.15) is 5.75 Å². The number of aromatic nitrogens is 1. The number of anilines is 6. The highest BCUT2D eigenvalue weighted by Gasteiger charge is 2.55. The molecule has 84 heavy (non-hydrogen) atoms. The van der Waals surface area contributed by atoms with Gasteiger partial charge in [0.15, 0.2) is 5.75 Å². The summed E-state index contributed by atoms with van der Waals surface area (Å²) in [5.41, 5.74) is 22.3. The normalized spacial score (nSPS) is 13.5. The first kappa shape index (κ1) is 47.8. The molecule has 2 heterocycles. The van der Waals surface area contributed by atoms with E-state index in [1.807, 2.05) is 0 Å². The van der Waals surface area contributed by atoms with Crippen molar-refractivity contribution in [2.75, 3.05) is 9.80 Å². The molecule has 4 nitrogen and oxygen atoms in total. The molecule has 0 radical (unpaired) electrons. The van der Waals surface area contributed by atoms with E-state index in [4.69, 9.17) is 4.74 Å². The monoisotopic (exact) mass is 1070 g/mol. The maximum Gasteiger partial charge on any atom is 0.156 e. The number of hydrogen-bond donors (Lipinski definition) is 0. The summed E-state index contributed by atoms with van der Waals surface area (Å²) in [6, 6.07) is 118. The van der Waals surface area contributed by atoms with Crippen LogP contribution in [-0.2, 0) is 10.8 Å². The lowest BCUT2D eigenvalue weighted by Gasteiger charge is -2.42. The number of ether oxygens (including phenoxy) is 1. The smallest absolute Gasteiger partial charge is 0.156 e. The summed E-state index contributed by atoms with van der Waals surface area (Å²) in [5, 5.41) is 2.37. The lowest BCUT2D eigenvalue weighted by molar-refractivity contribution is 0.437. The molecule has 0 saturated carbocycles. The zero-order valence-electron chi connectivity index (χ0n) is 45.8. The number of para-hydroxylation sites is 7. The standard InChI is InChI=1S/C80H53N3O/c1-7-27-54(28-8-1)79(55-29-9-2-10-30-55)70-51-60(81(56-31-11-3-12-32-56)57-33-13-4-14-34-57)49-50-63(70)66-52-76-72(53-71(66)79)80(67-43-22-19-39-61(67)62-40-20-23-44-68(62)80)69-45-26-48-75(78(69)84-76)82(58-35-15-5-16-36-58)74-47-25-42-65-64-41-21-24-46-73(64)83(77(65)74)59-37-17-6-18-38-59/h1-53H. The van der Waals surface area contributed by atoms with Crippen LogP contribution in [0.25, 0.3) is 49.7 Å². The highest BCUT2D eigenvalue weighted by molar-refractivity contribution is 6.15. The Morgan fingerprint density at radius 1 is 0.286 bits per heavy atom. The third-order valence-electron chi connectivity index (χ3n) is 18.1. The van der Waals surface area contributed by atoms with E-state index in [1.165, 1.54) is 60.8 Å². The van der Waals surface area contributed by atoms with Crippen LogP contribution in [0.3, 0.4) is 0 Å². The number of fused-ring (bicyclic) bond motifs is 15. The molecule has 0 unspecified atom stereocenters. The third-order valence-corrected chi connectivity index (χ3v) is 18.1. The molecule has 1 aromatic heterocycles.